The fourth-order valence-electron chi connectivity index (χ4n) is 2.51. The van der Waals surface area contributed by atoms with Gasteiger partial charge >= 0.3 is 0 Å². The molecule has 1 aliphatic rings. The molecule has 4 nitrogen and oxygen atoms in total. The third-order valence-corrected chi connectivity index (χ3v) is 3.47. The van der Waals surface area contributed by atoms with Crippen molar-refractivity contribution in [1.29, 1.82) is 0 Å². The van der Waals surface area contributed by atoms with Gasteiger partial charge in [-0.15, -0.1) is 0 Å². The van der Waals surface area contributed by atoms with Gasteiger partial charge in [-0.05, 0) is 38.1 Å². The molecule has 0 aliphatic carbocycles. The Hall–Kier alpha value is -2.36. The maximum absolute atomic E-state index is 4.55. The van der Waals surface area contributed by atoms with Crippen molar-refractivity contribution in [3.63, 3.8) is 0 Å². The zero-order valence-corrected chi connectivity index (χ0v) is 12.5. The molecule has 0 saturated heterocycles. The summed E-state index contributed by atoms with van der Waals surface area (Å²) >= 11 is 0. The summed E-state index contributed by atoms with van der Waals surface area (Å²) in [6.45, 7) is 6.62. The van der Waals surface area contributed by atoms with Crippen LogP contribution in [0, 0.1) is 13.8 Å². The molecule has 0 fully saturated rings. The fraction of sp³-hybridized carbons (Fsp3) is 0.294. The van der Waals surface area contributed by atoms with Crippen molar-refractivity contribution >= 4 is 0 Å². The molecule has 0 atom stereocenters. The van der Waals surface area contributed by atoms with Crippen LogP contribution in [0.4, 0.5) is 0 Å². The highest BCUT2D eigenvalue weighted by atomic mass is 15.3. The molecule has 108 valence electrons. The van der Waals surface area contributed by atoms with Crippen LogP contribution in [0.25, 0.3) is 0 Å². The normalized spacial score (nSPS) is 14.0. The number of hydrogen-bond donors (Lipinski definition) is 0. The topological polar surface area (TPSA) is 32.3 Å². The van der Waals surface area contributed by atoms with Crippen molar-refractivity contribution in [2.45, 2.75) is 26.9 Å². The molecular weight excluding hydrogens is 260 g/mol. The van der Waals surface area contributed by atoms with Crippen LogP contribution in [-0.4, -0.2) is 26.4 Å². The zero-order chi connectivity index (χ0) is 14.7. The summed E-state index contributed by atoms with van der Waals surface area (Å²) in [5, 5.41) is 0. The Morgan fingerprint density at radius 1 is 0.810 bits per heavy atom. The molecule has 3 rings (SSSR count). The highest BCUT2D eigenvalue weighted by Crippen LogP contribution is 2.13. The number of hydrogen-bond acceptors (Lipinski definition) is 4. The maximum atomic E-state index is 4.55. The third-order valence-electron chi connectivity index (χ3n) is 3.47. The molecule has 0 unspecified atom stereocenters. The summed E-state index contributed by atoms with van der Waals surface area (Å²) < 4.78 is 0. The predicted molar refractivity (Wildman–Crippen MR) is 83.0 cm³/mol. The first-order chi connectivity index (χ1) is 10.2. The summed E-state index contributed by atoms with van der Waals surface area (Å²) in [5.74, 6) is 0. The van der Waals surface area contributed by atoms with Gasteiger partial charge in [0.2, 0.25) is 0 Å². The highest BCUT2D eigenvalue weighted by molar-refractivity contribution is 5.12. The number of pyridine rings is 2. The largest absolute Gasteiger partial charge is 0.353 e. The molecule has 0 N–H and O–H groups in total. The summed E-state index contributed by atoms with van der Waals surface area (Å²) in [6.07, 6.45) is 4.25. The zero-order valence-electron chi connectivity index (χ0n) is 12.5. The van der Waals surface area contributed by atoms with Crippen LogP contribution < -0.4 is 0 Å². The molecule has 0 amide bonds. The first kappa shape index (κ1) is 13.6. The van der Waals surface area contributed by atoms with E-state index in [-0.39, 0.29) is 0 Å². The Morgan fingerprint density at radius 2 is 1.29 bits per heavy atom. The van der Waals surface area contributed by atoms with E-state index >= 15 is 0 Å². The molecule has 0 spiro atoms. The van der Waals surface area contributed by atoms with Crippen molar-refractivity contribution in [3.8, 4) is 0 Å². The Morgan fingerprint density at radius 3 is 1.71 bits per heavy atom. The van der Waals surface area contributed by atoms with Crippen LogP contribution >= 0.6 is 0 Å². The summed E-state index contributed by atoms with van der Waals surface area (Å²) in [7, 11) is 0. The summed E-state index contributed by atoms with van der Waals surface area (Å²) in [4.78, 5) is 13.6. The van der Waals surface area contributed by atoms with Gasteiger partial charge in [-0.2, -0.15) is 0 Å². The van der Waals surface area contributed by atoms with Gasteiger partial charge in [0.25, 0.3) is 0 Å². The van der Waals surface area contributed by atoms with E-state index in [1.165, 1.54) is 0 Å². The van der Waals surface area contributed by atoms with Crippen molar-refractivity contribution in [2.24, 2.45) is 0 Å². The lowest BCUT2D eigenvalue weighted by molar-refractivity contribution is 0.251. The van der Waals surface area contributed by atoms with Crippen LogP contribution in [0.15, 0.2) is 48.8 Å². The lowest BCUT2D eigenvalue weighted by Crippen LogP contribution is -2.25. The van der Waals surface area contributed by atoms with Gasteiger partial charge in [0, 0.05) is 23.8 Å². The smallest absolute Gasteiger partial charge is 0.0902 e. The van der Waals surface area contributed by atoms with E-state index in [1.807, 2.05) is 26.0 Å². The van der Waals surface area contributed by atoms with E-state index < -0.39 is 0 Å². The van der Waals surface area contributed by atoms with Crippen LogP contribution in [-0.2, 0) is 13.1 Å². The van der Waals surface area contributed by atoms with Gasteiger partial charge in [0.15, 0.2) is 0 Å². The third kappa shape index (κ3) is 3.60. The SMILES string of the molecule is Cc1cccc(CN2C=CN(Cc3cccc(C)n3)C2)n1. The van der Waals surface area contributed by atoms with E-state index in [0.717, 1.165) is 42.5 Å². The number of aromatic nitrogens is 2. The Kier molecular flexibility index (Phi) is 3.86. The quantitative estimate of drug-likeness (QED) is 0.862. The van der Waals surface area contributed by atoms with E-state index in [1.54, 1.807) is 0 Å². The van der Waals surface area contributed by atoms with Gasteiger partial charge in [0.1, 0.15) is 0 Å². The second-order valence-electron chi connectivity index (χ2n) is 5.47. The van der Waals surface area contributed by atoms with Gasteiger partial charge in [-0.25, -0.2) is 0 Å². The average Bonchev–Trinajstić information content (AvgIpc) is 2.86. The van der Waals surface area contributed by atoms with Crippen molar-refractivity contribution in [2.75, 3.05) is 6.67 Å². The highest BCUT2D eigenvalue weighted by Gasteiger charge is 2.13. The second-order valence-corrected chi connectivity index (χ2v) is 5.47. The Labute approximate surface area is 125 Å². The first-order valence-corrected chi connectivity index (χ1v) is 7.20. The minimum absolute atomic E-state index is 0.843. The maximum Gasteiger partial charge on any atom is 0.0902 e. The minimum atomic E-state index is 0.843. The van der Waals surface area contributed by atoms with Crippen LogP contribution in [0.2, 0.25) is 0 Å². The lowest BCUT2D eigenvalue weighted by atomic mass is 10.3. The summed E-state index contributed by atoms with van der Waals surface area (Å²) in [5.41, 5.74) is 4.35. The molecule has 4 heteroatoms. The monoisotopic (exact) mass is 280 g/mol. The molecule has 21 heavy (non-hydrogen) atoms. The molecule has 0 radical (unpaired) electrons. The fourth-order valence-corrected chi connectivity index (χ4v) is 2.51. The molecule has 1 aliphatic heterocycles. The van der Waals surface area contributed by atoms with E-state index in [2.05, 4.69) is 56.4 Å². The molecule has 2 aromatic rings. The lowest BCUT2D eigenvalue weighted by Gasteiger charge is -2.21. The first-order valence-electron chi connectivity index (χ1n) is 7.20. The van der Waals surface area contributed by atoms with Gasteiger partial charge < -0.3 is 9.80 Å². The van der Waals surface area contributed by atoms with E-state index in [9.17, 15) is 0 Å². The second kappa shape index (κ2) is 5.95. The van der Waals surface area contributed by atoms with Crippen LogP contribution in [0.5, 0.6) is 0 Å². The van der Waals surface area contributed by atoms with Crippen molar-refractivity contribution in [1.82, 2.24) is 19.8 Å². The van der Waals surface area contributed by atoms with E-state index in [0.29, 0.717) is 0 Å². The number of aryl methyl sites for hydroxylation is 2. The molecular formula is C17H20N4. The number of rotatable bonds is 4. The van der Waals surface area contributed by atoms with Crippen LogP contribution in [0.3, 0.4) is 0 Å². The Balaban J connectivity index is 1.57. The summed E-state index contributed by atoms with van der Waals surface area (Å²) in [6, 6.07) is 12.3. The molecule has 0 aromatic carbocycles. The molecule has 3 heterocycles. The minimum Gasteiger partial charge on any atom is -0.353 e. The van der Waals surface area contributed by atoms with Crippen LogP contribution in [0.1, 0.15) is 22.8 Å². The number of nitrogens with zero attached hydrogens (tertiary/aromatic N) is 4. The average molecular weight is 280 g/mol. The molecule has 0 bridgehead atoms. The molecule has 2 aromatic heterocycles. The standard InChI is InChI=1S/C17H20N4/c1-14-5-3-7-16(18-14)11-20-9-10-21(13-20)12-17-8-4-6-15(2)19-17/h3-10H,11-13H2,1-2H3. The van der Waals surface area contributed by atoms with Gasteiger partial charge in [-0.1, -0.05) is 12.1 Å². The van der Waals surface area contributed by atoms with Gasteiger partial charge in [-0.3, -0.25) is 9.97 Å². The molecule has 0 saturated carbocycles. The van der Waals surface area contributed by atoms with Crippen molar-refractivity contribution < 1.29 is 0 Å². The van der Waals surface area contributed by atoms with E-state index in [4.69, 9.17) is 0 Å². The van der Waals surface area contributed by atoms with Gasteiger partial charge in [0.05, 0.1) is 31.1 Å². The van der Waals surface area contributed by atoms with Crippen molar-refractivity contribution in [3.05, 3.63) is 71.6 Å². The predicted octanol–water partition coefficient (Wildman–Crippen LogP) is 2.84. The Bertz CT molecular complexity index is 595.